The average molecular weight is 568 g/mol. The molecule has 2 saturated carbocycles. The van der Waals surface area contributed by atoms with Gasteiger partial charge in [0.2, 0.25) is 11.9 Å². The zero-order valence-corrected chi connectivity index (χ0v) is 24.1. The van der Waals surface area contributed by atoms with E-state index in [-0.39, 0.29) is 12.0 Å². The molecule has 3 aromatic heterocycles. The van der Waals surface area contributed by atoms with Gasteiger partial charge < -0.3 is 25.3 Å². The molecule has 1 unspecified atom stereocenters. The van der Waals surface area contributed by atoms with Gasteiger partial charge in [0.25, 0.3) is 0 Å². The fourth-order valence-electron chi connectivity index (χ4n) is 5.70. The van der Waals surface area contributed by atoms with Gasteiger partial charge in [-0.05, 0) is 68.4 Å². The second-order valence-corrected chi connectivity index (χ2v) is 11.7. The Bertz CT molecular complexity index is 1590. The zero-order chi connectivity index (χ0) is 28.6. The maximum Gasteiger partial charge on any atom is 0.225 e. The Hall–Kier alpha value is -4.25. The van der Waals surface area contributed by atoms with Crippen molar-refractivity contribution in [2.24, 2.45) is 11.8 Å². The molecule has 1 amide bonds. The molecule has 3 aliphatic rings. The molecule has 0 bridgehead atoms. The topological polar surface area (TPSA) is 124 Å². The van der Waals surface area contributed by atoms with E-state index in [1.807, 2.05) is 29.3 Å². The smallest absolute Gasteiger partial charge is 0.225 e. The molecule has 218 valence electrons. The van der Waals surface area contributed by atoms with Crippen LogP contribution in [0.15, 0.2) is 42.9 Å². The number of nitrogens with zero attached hydrogens (tertiary/aromatic N) is 6. The van der Waals surface area contributed by atoms with Gasteiger partial charge in [0.1, 0.15) is 17.8 Å². The highest BCUT2D eigenvalue weighted by Crippen LogP contribution is 2.36. The fourth-order valence-corrected chi connectivity index (χ4v) is 5.70. The van der Waals surface area contributed by atoms with Gasteiger partial charge in [-0.15, -0.1) is 0 Å². The molecule has 3 N–H and O–H groups in total. The molecule has 7 rings (SSSR count). The summed E-state index contributed by atoms with van der Waals surface area (Å²) in [6, 6.07) is 10.4. The summed E-state index contributed by atoms with van der Waals surface area (Å²) < 4.78 is 5.73. The monoisotopic (exact) mass is 567 g/mol. The van der Waals surface area contributed by atoms with Gasteiger partial charge in [0.05, 0.1) is 18.1 Å². The Kier molecular flexibility index (Phi) is 7.10. The number of hydrogen-bond donors (Lipinski definition) is 3. The van der Waals surface area contributed by atoms with Gasteiger partial charge in [-0.1, -0.05) is 6.07 Å². The number of aromatic amines is 1. The third-order valence-electron chi connectivity index (χ3n) is 8.63. The largest absolute Gasteiger partial charge is 0.491 e. The van der Waals surface area contributed by atoms with Crippen LogP contribution in [-0.4, -0.2) is 80.5 Å². The van der Waals surface area contributed by atoms with Crippen LogP contribution in [0.1, 0.15) is 44.2 Å². The minimum Gasteiger partial charge on any atom is -0.491 e. The number of fused-ring (bicyclic) bond motifs is 1. The van der Waals surface area contributed by atoms with Gasteiger partial charge in [0.15, 0.2) is 11.6 Å². The number of carbonyl (C=O) groups is 1. The predicted octanol–water partition coefficient (Wildman–Crippen LogP) is 4.60. The third-order valence-corrected chi connectivity index (χ3v) is 8.63. The minimum absolute atomic E-state index is 0.219. The number of rotatable bonds is 10. The Labute approximate surface area is 245 Å². The molecule has 4 heterocycles. The zero-order valence-electron chi connectivity index (χ0n) is 24.1. The number of hydrogen-bond acceptors (Lipinski definition) is 9. The molecule has 1 aromatic carbocycles. The Balaban J connectivity index is 1.04. The van der Waals surface area contributed by atoms with Crippen molar-refractivity contribution in [2.75, 3.05) is 50.5 Å². The Morgan fingerprint density at radius 3 is 2.67 bits per heavy atom. The number of benzene rings is 1. The summed E-state index contributed by atoms with van der Waals surface area (Å²) in [6.07, 6.45) is 8.05. The van der Waals surface area contributed by atoms with Crippen molar-refractivity contribution in [3.05, 3.63) is 48.4 Å². The number of nitrogens with one attached hydrogen (secondary N) is 3. The quantitative estimate of drug-likeness (QED) is 0.252. The first-order chi connectivity index (χ1) is 20.6. The predicted molar refractivity (Wildman–Crippen MR) is 162 cm³/mol. The lowest BCUT2D eigenvalue weighted by molar-refractivity contribution is -0.134. The first-order valence-corrected chi connectivity index (χ1v) is 14.9. The number of ether oxygens (including phenoxy) is 1. The van der Waals surface area contributed by atoms with Gasteiger partial charge in [-0.25, -0.2) is 19.9 Å². The minimum atomic E-state index is 0.219. The molecule has 1 atom stereocenters. The highest BCUT2D eigenvalue weighted by molar-refractivity contribution is 5.85. The van der Waals surface area contributed by atoms with E-state index < -0.39 is 0 Å². The number of pyridine rings is 1. The summed E-state index contributed by atoms with van der Waals surface area (Å²) in [5, 5.41) is 6.77. The molecular weight excluding hydrogens is 530 g/mol. The number of amides is 1. The summed E-state index contributed by atoms with van der Waals surface area (Å²) in [7, 11) is 1.65. The average Bonchev–Trinajstić information content (AvgIpc) is 3.96. The Morgan fingerprint density at radius 2 is 1.90 bits per heavy atom. The van der Waals surface area contributed by atoms with Crippen molar-refractivity contribution >= 4 is 34.5 Å². The second-order valence-electron chi connectivity index (χ2n) is 11.7. The summed E-state index contributed by atoms with van der Waals surface area (Å²) >= 11 is 0. The van der Waals surface area contributed by atoms with E-state index in [1.165, 1.54) is 18.4 Å². The number of H-pyrrole nitrogens is 1. The first kappa shape index (κ1) is 26.6. The number of piperazine rings is 1. The van der Waals surface area contributed by atoms with Crippen LogP contribution in [0.3, 0.4) is 0 Å². The molecule has 11 nitrogen and oxygen atoms in total. The molecule has 0 spiro atoms. The summed E-state index contributed by atoms with van der Waals surface area (Å²) in [6.45, 7) is 6.48. The van der Waals surface area contributed by atoms with Crippen molar-refractivity contribution in [2.45, 2.75) is 38.6 Å². The van der Waals surface area contributed by atoms with Gasteiger partial charge >= 0.3 is 0 Å². The highest BCUT2D eigenvalue weighted by atomic mass is 16.5. The highest BCUT2D eigenvalue weighted by Gasteiger charge is 2.35. The SMILES string of the molecule is COc1c(NCC2CC2)ncnc1-c1ccc2nc(Nc3cc(C(C)N4CCN(C(=O)C5CC5)CC4)ccn3)[nH]c2c1. The van der Waals surface area contributed by atoms with Crippen molar-refractivity contribution in [3.63, 3.8) is 0 Å². The number of aromatic nitrogens is 5. The van der Waals surface area contributed by atoms with Crippen LogP contribution in [-0.2, 0) is 4.79 Å². The molecule has 2 aliphatic carbocycles. The van der Waals surface area contributed by atoms with Crippen LogP contribution in [0.5, 0.6) is 5.75 Å². The maximum absolute atomic E-state index is 12.4. The fraction of sp³-hybridized carbons (Fsp3) is 0.452. The van der Waals surface area contributed by atoms with E-state index in [1.54, 1.807) is 13.4 Å². The molecule has 11 heteroatoms. The van der Waals surface area contributed by atoms with E-state index >= 15 is 0 Å². The van der Waals surface area contributed by atoms with E-state index in [0.717, 1.165) is 85.4 Å². The summed E-state index contributed by atoms with van der Waals surface area (Å²) in [5.74, 6) is 4.06. The van der Waals surface area contributed by atoms with Crippen LogP contribution in [0.4, 0.5) is 17.6 Å². The second kappa shape index (κ2) is 11.2. The van der Waals surface area contributed by atoms with Gasteiger partial charge in [-0.2, -0.15) is 0 Å². The lowest BCUT2D eigenvalue weighted by Crippen LogP contribution is -2.49. The van der Waals surface area contributed by atoms with Crippen molar-refractivity contribution in [1.29, 1.82) is 0 Å². The van der Waals surface area contributed by atoms with Crippen LogP contribution < -0.4 is 15.4 Å². The molecular formula is C31H37N9O2. The first-order valence-electron chi connectivity index (χ1n) is 14.9. The third kappa shape index (κ3) is 5.61. The normalized spacial score (nSPS) is 18.2. The number of methoxy groups -OCH3 is 1. The maximum atomic E-state index is 12.4. The van der Waals surface area contributed by atoms with Crippen molar-refractivity contribution < 1.29 is 9.53 Å². The molecule has 42 heavy (non-hydrogen) atoms. The molecule has 4 aromatic rings. The summed E-state index contributed by atoms with van der Waals surface area (Å²) in [5.41, 5.74) is 4.54. The standard InChI is InChI=1S/C31H37N9O2/c1-19(39-11-13-40(14-12-39)30(41)21-5-6-21)22-9-10-32-26(16-22)38-31-36-24-8-7-23(15-25(24)37-31)27-28(42-2)29(35-18-34-27)33-17-20-3-4-20/h7-10,15-16,18-21H,3-6,11-14,17H2,1-2H3,(H,33,34,35)(H2,32,36,37,38). The molecule has 1 saturated heterocycles. The number of carbonyl (C=O) groups excluding carboxylic acids is 1. The van der Waals surface area contributed by atoms with Crippen LogP contribution in [0.2, 0.25) is 0 Å². The van der Waals surface area contributed by atoms with Crippen LogP contribution in [0, 0.1) is 11.8 Å². The van der Waals surface area contributed by atoms with Crippen molar-refractivity contribution in [3.8, 4) is 17.0 Å². The van der Waals surface area contributed by atoms with E-state index in [4.69, 9.17) is 9.72 Å². The molecule has 3 fully saturated rings. The van der Waals surface area contributed by atoms with Crippen LogP contribution >= 0.6 is 0 Å². The summed E-state index contributed by atoms with van der Waals surface area (Å²) in [4.78, 5) is 38.5. The van der Waals surface area contributed by atoms with Gasteiger partial charge in [-0.3, -0.25) is 9.69 Å². The number of imidazole rings is 1. The molecule has 1 aliphatic heterocycles. The lowest BCUT2D eigenvalue weighted by Gasteiger charge is -2.38. The lowest BCUT2D eigenvalue weighted by atomic mass is 10.1. The van der Waals surface area contributed by atoms with Gasteiger partial charge in [0, 0.05) is 56.4 Å². The van der Waals surface area contributed by atoms with Crippen LogP contribution in [0.25, 0.3) is 22.3 Å². The van der Waals surface area contributed by atoms with E-state index in [9.17, 15) is 4.79 Å². The molecule has 0 radical (unpaired) electrons. The van der Waals surface area contributed by atoms with E-state index in [0.29, 0.717) is 17.6 Å². The van der Waals surface area contributed by atoms with Crippen molar-refractivity contribution in [1.82, 2.24) is 34.7 Å². The Morgan fingerprint density at radius 1 is 1.07 bits per heavy atom. The number of anilines is 3. The van der Waals surface area contributed by atoms with E-state index in [2.05, 4.69) is 54.5 Å².